The molecule has 122 valence electrons. The van der Waals surface area contributed by atoms with E-state index in [1.807, 2.05) is 6.07 Å². The molecule has 0 saturated carbocycles. The summed E-state index contributed by atoms with van der Waals surface area (Å²) in [4.78, 5) is 23.6. The molecule has 0 spiro atoms. The number of rotatable bonds is 3. The van der Waals surface area contributed by atoms with Gasteiger partial charge in [-0.2, -0.15) is 0 Å². The summed E-state index contributed by atoms with van der Waals surface area (Å²) < 4.78 is 15.7. The van der Waals surface area contributed by atoms with E-state index in [4.69, 9.17) is 0 Å². The van der Waals surface area contributed by atoms with Crippen molar-refractivity contribution in [1.29, 1.82) is 0 Å². The van der Waals surface area contributed by atoms with Crippen LogP contribution in [0.3, 0.4) is 0 Å². The van der Waals surface area contributed by atoms with Crippen molar-refractivity contribution in [2.75, 3.05) is 11.9 Å². The molecule has 1 aromatic heterocycles. The van der Waals surface area contributed by atoms with Crippen LogP contribution in [0.5, 0.6) is 0 Å². The van der Waals surface area contributed by atoms with Crippen LogP contribution >= 0.6 is 12.4 Å². The predicted octanol–water partition coefficient (Wildman–Crippen LogP) is 1.69. The van der Waals surface area contributed by atoms with Crippen LogP contribution in [0.15, 0.2) is 41.3 Å². The highest BCUT2D eigenvalue weighted by atomic mass is 35.5. The average molecular weight is 338 g/mol. The van der Waals surface area contributed by atoms with E-state index >= 15 is 0 Å². The van der Waals surface area contributed by atoms with E-state index in [2.05, 4.69) is 10.6 Å². The Kier molecular flexibility index (Phi) is 5.52. The largest absolute Gasteiger partial charge is 0.322 e. The Morgan fingerprint density at radius 3 is 2.91 bits per heavy atom. The third-order valence-electron chi connectivity index (χ3n) is 3.69. The number of hydrogen-bond acceptors (Lipinski definition) is 3. The quantitative estimate of drug-likeness (QED) is 0.896. The van der Waals surface area contributed by atoms with Gasteiger partial charge in [0.05, 0.1) is 5.69 Å². The van der Waals surface area contributed by atoms with Gasteiger partial charge in [-0.3, -0.25) is 9.59 Å². The third kappa shape index (κ3) is 3.78. The Morgan fingerprint density at radius 1 is 1.30 bits per heavy atom. The van der Waals surface area contributed by atoms with Crippen LogP contribution in [-0.4, -0.2) is 17.0 Å². The van der Waals surface area contributed by atoms with Gasteiger partial charge in [-0.15, -0.1) is 12.4 Å². The average Bonchev–Trinajstić information content (AvgIpc) is 2.53. The summed E-state index contributed by atoms with van der Waals surface area (Å²) in [5.74, 6) is -0.811. The lowest BCUT2D eigenvalue weighted by molar-refractivity contribution is -0.116. The fourth-order valence-corrected chi connectivity index (χ4v) is 2.57. The molecule has 0 atom stereocenters. The molecule has 2 aromatic rings. The Morgan fingerprint density at radius 2 is 2.13 bits per heavy atom. The summed E-state index contributed by atoms with van der Waals surface area (Å²) in [7, 11) is 0. The van der Waals surface area contributed by atoms with Crippen molar-refractivity contribution in [2.24, 2.45) is 0 Å². The number of hydrogen-bond donors (Lipinski definition) is 2. The molecule has 1 aromatic carbocycles. The van der Waals surface area contributed by atoms with Crippen molar-refractivity contribution in [1.82, 2.24) is 9.88 Å². The predicted molar refractivity (Wildman–Crippen MR) is 88.4 cm³/mol. The van der Waals surface area contributed by atoms with Crippen molar-refractivity contribution >= 4 is 24.0 Å². The van der Waals surface area contributed by atoms with Gasteiger partial charge >= 0.3 is 0 Å². The molecule has 7 heteroatoms. The van der Waals surface area contributed by atoms with Crippen molar-refractivity contribution in [3.63, 3.8) is 0 Å². The number of pyridine rings is 1. The summed E-state index contributed by atoms with van der Waals surface area (Å²) in [6, 6.07) is 8.02. The molecule has 0 saturated heterocycles. The fourth-order valence-electron chi connectivity index (χ4n) is 2.57. The zero-order valence-electron chi connectivity index (χ0n) is 12.3. The molecule has 0 unspecified atom stereocenters. The molecule has 1 aliphatic rings. The zero-order valence-corrected chi connectivity index (χ0v) is 13.2. The van der Waals surface area contributed by atoms with Gasteiger partial charge < -0.3 is 15.2 Å². The molecule has 0 bridgehead atoms. The fraction of sp³-hybridized carbons (Fsp3) is 0.250. The Bertz CT molecular complexity index is 776. The van der Waals surface area contributed by atoms with E-state index in [1.54, 1.807) is 18.2 Å². The number of amides is 1. The SMILES string of the molecule is Cl.O=C(Cn1ccccc1=O)Nc1ccc2c(c1F)CCNC2. The second-order valence-electron chi connectivity index (χ2n) is 5.21. The standard InChI is InChI=1S/C16H16FN3O2.ClH/c17-16-12-6-7-18-9-11(12)4-5-13(16)19-14(21)10-20-8-2-1-3-15(20)22;/h1-5,8,18H,6-7,9-10H2,(H,19,21);1H. The van der Waals surface area contributed by atoms with Crippen molar-refractivity contribution in [3.8, 4) is 0 Å². The lowest BCUT2D eigenvalue weighted by atomic mass is 9.99. The number of nitrogens with zero attached hydrogens (tertiary/aromatic N) is 1. The van der Waals surface area contributed by atoms with Crippen LogP contribution in [0, 0.1) is 5.82 Å². The van der Waals surface area contributed by atoms with Crippen molar-refractivity contribution < 1.29 is 9.18 Å². The third-order valence-corrected chi connectivity index (χ3v) is 3.69. The molecular formula is C16H17ClFN3O2. The molecule has 0 aliphatic carbocycles. The molecule has 2 N–H and O–H groups in total. The first-order chi connectivity index (χ1) is 10.6. The summed E-state index contributed by atoms with van der Waals surface area (Å²) in [6.07, 6.45) is 2.12. The summed E-state index contributed by atoms with van der Waals surface area (Å²) in [5, 5.41) is 5.72. The number of carbonyl (C=O) groups is 1. The van der Waals surface area contributed by atoms with Gasteiger partial charge in [0.25, 0.3) is 5.56 Å². The summed E-state index contributed by atoms with van der Waals surface area (Å²) in [5.41, 5.74) is 1.46. The number of benzene rings is 1. The monoisotopic (exact) mass is 337 g/mol. The van der Waals surface area contributed by atoms with E-state index in [9.17, 15) is 14.0 Å². The van der Waals surface area contributed by atoms with Crippen LogP contribution in [0.1, 0.15) is 11.1 Å². The normalized spacial score (nSPS) is 12.9. The van der Waals surface area contributed by atoms with Gasteiger partial charge in [-0.05, 0) is 36.2 Å². The number of carbonyl (C=O) groups excluding carboxylic acids is 1. The molecule has 0 radical (unpaired) electrons. The van der Waals surface area contributed by atoms with E-state index in [0.717, 1.165) is 12.1 Å². The minimum atomic E-state index is -0.430. The van der Waals surface area contributed by atoms with E-state index < -0.39 is 5.91 Å². The molecule has 5 nitrogen and oxygen atoms in total. The van der Waals surface area contributed by atoms with Gasteiger partial charge in [-0.1, -0.05) is 12.1 Å². The molecule has 0 fully saturated rings. The lowest BCUT2D eigenvalue weighted by Crippen LogP contribution is -2.28. The molecule has 1 amide bonds. The van der Waals surface area contributed by atoms with Crippen LogP contribution < -0.4 is 16.2 Å². The van der Waals surface area contributed by atoms with Gasteiger partial charge in [-0.25, -0.2) is 4.39 Å². The molecule has 23 heavy (non-hydrogen) atoms. The molecule has 1 aliphatic heterocycles. The minimum Gasteiger partial charge on any atom is -0.322 e. The second kappa shape index (κ2) is 7.39. The van der Waals surface area contributed by atoms with Crippen molar-refractivity contribution in [3.05, 3.63) is 63.8 Å². The Balaban J connectivity index is 0.00000192. The number of anilines is 1. The first kappa shape index (κ1) is 17.2. The number of halogens is 2. The lowest BCUT2D eigenvalue weighted by Gasteiger charge is -2.19. The minimum absolute atomic E-state index is 0. The first-order valence-electron chi connectivity index (χ1n) is 7.11. The smallest absolute Gasteiger partial charge is 0.250 e. The molecule has 3 rings (SSSR count). The van der Waals surface area contributed by atoms with E-state index in [1.165, 1.54) is 16.8 Å². The van der Waals surface area contributed by atoms with Gasteiger partial charge in [0.15, 0.2) is 0 Å². The number of nitrogens with one attached hydrogen (secondary N) is 2. The maximum Gasteiger partial charge on any atom is 0.250 e. The highest BCUT2D eigenvalue weighted by Gasteiger charge is 2.17. The Hall–Kier alpha value is -2.18. The van der Waals surface area contributed by atoms with Gasteiger partial charge in [0.2, 0.25) is 5.91 Å². The molecular weight excluding hydrogens is 321 g/mol. The molecule has 2 heterocycles. The highest BCUT2D eigenvalue weighted by molar-refractivity contribution is 5.90. The summed E-state index contributed by atoms with van der Waals surface area (Å²) in [6.45, 7) is 1.22. The second-order valence-corrected chi connectivity index (χ2v) is 5.21. The highest BCUT2D eigenvalue weighted by Crippen LogP contribution is 2.24. The van der Waals surface area contributed by atoms with Crippen LogP contribution in [0.2, 0.25) is 0 Å². The summed E-state index contributed by atoms with van der Waals surface area (Å²) >= 11 is 0. The number of fused-ring (bicyclic) bond motifs is 1. The van der Waals surface area contributed by atoms with E-state index in [0.29, 0.717) is 18.5 Å². The van der Waals surface area contributed by atoms with Gasteiger partial charge in [0.1, 0.15) is 12.4 Å². The Labute approximate surface area is 138 Å². The van der Waals surface area contributed by atoms with E-state index in [-0.39, 0.29) is 36.0 Å². The van der Waals surface area contributed by atoms with Gasteiger partial charge in [0, 0.05) is 18.8 Å². The first-order valence-corrected chi connectivity index (χ1v) is 7.11. The maximum absolute atomic E-state index is 14.4. The zero-order chi connectivity index (χ0) is 15.5. The number of aromatic nitrogens is 1. The van der Waals surface area contributed by atoms with Crippen LogP contribution in [0.4, 0.5) is 10.1 Å². The topological polar surface area (TPSA) is 63.1 Å². The van der Waals surface area contributed by atoms with Crippen LogP contribution in [0.25, 0.3) is 0 Å². The van der Waals surface area contributed by atoms with Crippen molar-refractivity contribution in [2.45, 2.75) is 19.5 Å². The van der Waals surface area contributed by atoms with Crippen LogP contribution in [-0.2, 0) is 24.3 Å². The maximum atomic E-state index is 14.4.